The fourth-order valence-corrected chi connectivity index (χ4v) is 7.01. The first-order chi connectivity index (χ1) is 24.8. The van der Waals surface area contributed by atoms with Crippen molar-refractivity contribution in [3.05, 3.63) is 123 Å². The molecular weight excluding hydrogens is 683 g/mol. The van der Waals surface area contributed by atoms with Gasteiger partial charge in [0.25, 0.3) is 0 Å². The van der Waals surface area contributed by atoms with E-state index in [0.717, 1.165) is 52.0 Å². The summed E-state index contributed by atoms with van der Waals surface area (Å²) in [5.41, 5.74) is 7.21. The molecule has 51 heavy (non-hydrogen) atoms. The van der Waals surface area contributed by atoms with E-state index in [4.69, 9.17) is 37.4 Å². The second kappa shape index (κ2) is 17.1. The van der Waals surface area contributed by atoms with E-state index >= 15 is 0 Å². The molecular formula is C40H42Cl2N6O3. The number of ether oxygens (including phenoxy) is 3. The van der Waals surface area contributed by atoms with Gasteiger partial charge >= 0.3 is 0 Å². The minimum Gasteiger partial charge on any atom is -0.492 e. The van der Waals surface area contributed by atoms with Gasteiger partial charge in [-0.1, -0.05) is 53.5 Å². The number of hydrogen-bond acceptors (Lipinski definition) is 8. The van der Waals surface area contributed by atoms with E-state index in [-0.39, 0.29) is 13.2 Å². The fourth-order valence-electron chi connectivity index (χ4n) is 6.49. The number of H-pyrrole nitrogens is 1. The highest BCUT2D eigenvalue weighted by atomic mass is 35.5. The van der Waals surface area contributed by atoms with Crippen LogP contribution in [0.25, 0.3) is 11.1 Å². The largest absolute Gasteiger partial charge is 0.492 e. The molecule has 0 radical (unpaired) electrons. The monoisotopic (exact) mass is 724 g/mol. The second-order valence-electron chi connectivity index (χ2n) is 13.2. The Morgan fingerprint density at radius 3 is 2.55 bits per heavy atom. The highest BCUT2D eigenvalue weighted by Gasteiger charge is 2.20. The first-order valence-electron chi connectivity index (χ1n) is 17.0. The first kappa shape index (κ1) is 36.2. The summed E-state index contributed by atoms with van der Waals surface area (Å²) in [7, 11) is 4.19. The van der Waals surface area contributed by atoms with Gasteiger partial charge in [0.05, 0.1) is 28.4 Å². The number of likely N-dealkylation sites (tertiary alicyclic amines) is 1. The molecule has 5 aromatic rings. The second-order valence-corrected chi connectivity index (χ2v) is 14.0. The number of aromatic amines is 1. The van der Waals surface area contributed by atoms with E-state index in [1.54, 1.807) is 18.5 Å². The molecule has 6 rings (SSSR count). The number of halogens is 2. The molecule has 1 aliphatic heterocycles. The average Bonchev–Trinajstić information content (AvgIpc) is 3.64. The number of benzene rings is 3. The first-order valence-corrected chi connectivity index (χ1v) is 17.8. The minimum absolute atomic E-state index is 0.227. The number of nitriles is 1. The standard InChI is InChI=1S/C40H42Cl2N6O3/c1-27-32(8-4-9-34(27)35-10-5-11-37(40(35)42)49-24-28-7-6-12-47(2)21-28)26-51-39-15-38(50-25-30-13-29(16-43)17-44-18-30)33(14-36(39)41)23-48(3)22-31-19-45-46-20-31/h4-5,8-11,13-15,17-20,28H,6-7,12,21-26H2,1-3H3,(H,45,46). The van der Waals surface area contributed by atoms with Crippen LogP contribution in [0.2, 0.25) is 10.0 Å². The Labute approximate surface area is 309 Å². The highest BCUT2D eigenvalue weighted by molar-refractivity contribution is 6.35. The third-order valence-electron chi connectivity index (χ3n) is 9.16. The van der Waals surface area contributed by atoms with Gasteiger partial charge in [-0.2, -0.15) is 10.4 Å². The summed E-state index contributed by atoms with van der Waals surface area (Å²) in [6.07, 6.45) is 9.26. The van der Waals surface area contributed by atoms with Crippen LogP contribution in [0.3, 0.4) is 0 Å². The van der Waals surface area contributed by atoms with Gasteiger partial charge in [-0.3, -0.25) is 15.0 Å². The third kappa shape index (κ3) is 9.40. The number of aromatic nitrogens is 3. The number of piperidine rings is 1. The molecule has 2 aromatic heterocycles. The minimum atomic E-state index is 0.227. The van der Waals surface area contributed by atoms with Crippen molar-refractivity contribution in [3.63, 3.8) is 0 Å². The summed E-state index contributed by atoms with van der Waals surface area (Å²) < 4.78 is 19.0. The van der Waals surface area contributed by atoms with Gasteiger partial charge in [-0.05, 0) is 75.3 Å². The summed E-state index contributed by atoms with van der Waals surface area (Å²) in [5, 5.41) is 17.3. The van der Waals surface area contributed by atoms with Gasteiger partial charge in [-0.25, -0.2) is 0 Å². The van der Waals surface area contributed by atoms with Gasteiger partial charge < -0.3 is 19.1 Å². The summed E-state index contributed by atoms with van der Waals surface area (Å²) in [4.78, 5) is 8.68. The smallest absolute Gasteiger partial charge is 0.142 e. The van der Waals surface area contributed by atoms with E-state index in [0.29, 0.717) is 58.5 Å². The molecule has 1 atom stereocenters. The van der Waals surface area contributed by atoms with Crippen LogP contribution in [-0.2, 0) is 26.3 Å². The number of rotatable bonds is 14. The summed E-state index contributed by atoms with van der Waals surface area (Å²) in [5.74, 6) is 2.33. The molecule has 0 bridgehead atoms. The van der Waals surface area contributed by atoms with Gasteiger partial charge in [-0.15, -0.1) is 0 Å². The van der Waals surface area contributed by atoms with Crippen molar-refractivity contribution in [1.82, 2.24) is 25.0 Å². The van der Waals surface area contributed by atoms with E-state index in [2.05, 4.69) is 51.1 Å². The van der Waals surface area contributed by atoms with Crippen LogP contribution in [0.15, 0.2) is 79.4 Å². The van der Waals surface area contributed by atoms with E-state index in [9.17, 15) is 5.26 Å². The number of nitrogens with zero attached hydrogens (tertiary/aromatic N) is 5. The number of pyridine rings is 1. The molecule has 3 heterocycles. The quantitative estimate of drug-likeness (QED) is 0.122. The van der Waals surface area contributed by atoms with Gasteiger partial charge in [0, 0.05) is 72.5 Å². The van der Waals surface area contributed by atoms with E-state index < -0.39 is 0 Å². The zero-order valence-electron chi connectivity index (χ0n) is 29.2. The van der Waals surface area contributed by atoms with E-state index in [1.807, 2.05) is 55.7 Å². The predicted molar refractivity (Wildman–Crippen MR) is 200 cm³/mol. The van der Waals surface area contributed by atoms with Crippen molar-refractivity contribution in [2.75, 3.05) is 33.8 Å². The van der Waals surface area contributed by atoms with Crippen molar-refractivity contribution >= 4 is 23.2 Å². The maximum Gasteiger partial charge on any atom is 0.142 e. The number of hydrogen-bond donors (Lipinski definition) is 1. The van der Waals surface area contributed by atoms with Crippen LogP contribution in [0, 0.1) is 24.2 Å². The fraction of sp³-hybridized carbons (Fsp3) is 0.325. The lowest BCUT2D eigenvalue weighted by Crippen LogP contribution is -2.34. The molecule has 1 unspecified atom stereocenters. The topological polar surface area (TPSA) is 99.5 Å². The molecule has 11 heteroatoms. The van der Waals surface area contributed by atoms with Gasteiger partial charge in [0.15, 0.2) is 0 Å². The highest BCUT2D eigenvalue weighted by Crippen LogP contribution is 2.39. The Balaban J connectivity index is 1.20. The Morgan fingerprint density at radius 1 is 0.922 bits per heavy atom. The van der Waals surface area contributed by atoms with Crippen LogP contribution >= 0.6 is 23.2 Å². The van der Waals surface area contributed by atoms with Crippen molar-refractivity contribution in [2.24, 2.45) is 5.92 Å². The molecule has 0 spiro atoms. The van der Waals surface area contributed by atoms with Crippen LogP contribution < -0.4 is 14.2 Å². The van der Waals surface area contributed by atoms with Crippen LogP contribution in [-0.4, -0.2) is 58.8 Å². The Bertz CT molecular complexity index is 1980. The maximum atomic E-state index is 9.33. The average molecular weight is 726 g/mol. The van der Waals surface area contributed by atoms with Gasteiger partial charge in [0.2, 0.25) is 0 Å². The molecule has 3 aromatic carbocycles. The van der Waals surface area contributed by atoms with Crippen molar-refractivity contribution < 1.29 is 14.2 Å². The molecule has 1 N–H and O–H groups in total. The van der Waals surface area contributed by atoms with Crippen molar-refractivity contribution in [3.8, 4) is 34.4 Å². The molecule has 9 nitrogen and oxygen atoms in total. The molecule has 264 valence electrons. The zero-order chi connectivity index (χ0) is 35.7. The van der Waals surface area contributed by atoms with Crippen LogP contribution in [0.1, 0.15) is 46.2 Å². The lowest BCUT2D eigenvalue weighted by Gasteiger charge is -2.29. The van der Waals surface area contributed by atoms with Crippen molar-refractivity contribution in [1.29, 1.82) is 5.26 Å². The Hall–Kier alpha value is -4.59. The lowest BCUT2D eigenvalue weighted by molar-refractivity contribution is 0.150. The molecule has 0 saturated carbocycles. The summed E-state index contributed by atoms with van der Waals surface area (Å²) in [6, 6.07) is 19.7. The zero-order valence-corrected chi connectivity index (χ0v) is 30.7. The molecule has 1 fully saturated rings. The van der Waals surface area contributed by atoms with Crippen molar-refractivity contribution in [2.45, 2.75) is 46.1 Å². The molecule has 1 aliphatic rings. The number of nitrogens with one attached hydrogen (secondary N) is 1. The molecule has 1 saturated heterocycles. The molecule has 0 amide bonds. The maximum absolute atomic E-state index is 9.33. The summed E-state index contributed by atoms with van der Waals surface area (Å²) >= 11 is 13.8. The Morgan fingerprint density at radius 2 is 1.75 bits per heavy atom. The molecule has 0 aliphatic carbocycles. The van der Waals surface area contributed by atoms with Crippen LogP contribution in [0.4, 0.5) is 0 Å². The van der Waals surface area contributed by atoms with Gasteiger partial charge in [0.1, 0.15) is 36.5 Å². The van der Waals surface area contributed by atoms with Crippen LogP contribution in [0.5, 0.6) is 17.2 Å². The normalized spacial score (nSPS) is 14.7. The lowest BCUT2D eigenvalue weighted by atomic mass is 9.96. The Kier molecular flexibility index (Phi) is 12.1. The van der Waals surface area contributed by atoms with E-state index in [1.165, 1.54) is 19.0 Å². The third-order valence-corrected chi connectivity index (χ3v) is 9.85. The predicted octanol–water partition coefficient (Wildman–Crippen LogP) is 8.47. The SMILES string of the molecule is Cc1c(COc2cc(OCc3cncc(C#N)c3)c(CN(C)Cc3cn[nH]c3)cc2Cl)cccc1-c1cccc(OCC2CCCN(C)C2)c1Cl. The summed E-state index contributed by atoms with van der Waals surface area (Å²) in [6.45, 7) is 6.67.